The number of phenols is 1. The minimum absolute atomic E-state index is 0.0405. The van der Waals surface area contributed by atoms with E-state index >= 15 is 0 Å². The number of hydrogen-bond acceptors (Lipinski definition) is 3. The Labute approximate surface area is 68.8 Å². The normalized spacial score (nSPS) is 9.00. The quantitative estimate of drug-likeness (QED) is 0.496. The Morgan fingerprint density at radius 1 is 1.50 bits per heavy atom. The van der Waals surface area contributed by atoms with Gasteiger partial charge in [-0.2, -0.15) is 0 Å². The van der Waals surface area contributed by atoms with E-state index in [1.54, 1.807) is 12.1 Å². The van der Waals surface area contributed by atoms with Crippen LogP contribution in [0.25, 0.3) is 0 Å². The number of benzene rings is 1. The van der Waals surface area contributed by atoms with E-state index in [-0.39, 0.29) is 12.0 Å². The molecular formula is C8H7NO3. The minimum atomic E-state index is -0.736. The summed E-state index contributed by atoms with van der Waals surface area (Å²) in [4.78, 5) is 20.5. The zero-order valence-corrected chi connectivity index (χ0v) is 6.15. The summed E-state index contributed by atoms with van der Waals surface area (Å²) >= 11 is 0. The van der Waals surface area contributed by atoms with Crippen LogP contribution in [0.4, 0.5) is 5.69 Å². The fourth-order valence-electron chi connectivity index (χ4n) is 0.755. The molecule has 0 aliphatic heterocycles. The van der Waals surface area contributed by atoms with E-state index in [1.165, 1.54) is 12.1 Å². The Balaban J connectivity index is 2.76. The van der Waals surface area contributed by atoms with Gasteiger partial charge in [-0.05, 0) is 12.1 Å². The summed E-state index contributed by atoms with van der Waals surface area (Å²) in [6.07, 6.45) is 0.171. The molecule has 0 saturated carbocycles. The van der Waals surface area contributed by atoms with Crippen LogP contribution >= 0.6 is 0 Å². The molecule has 1 aromatic carbocycles. The van der Waals surface area contributed by atoms with Gasteiger partial charge in [0.25, 0.3) is 5.91 Å². The molecule has 1 aromatic rings. The number of carbonyl (C=O) groups is 2. The second-order valence-corrected chi connectivity index (χ2v) is 2.16. The largest absolute Gasteiger partial charge is 0.508 e. The fraction of sp³-hybridized carbons (Fsp3) is 0. The van der Waals surface area contributed by atoms with Crippen molar-refractivity contribution in [3.8, 4) is 5.75 Å². The molecule has 0 atom stereocenters. The molecule has 4 nitrogen and oxygen atoms in total. The van der Waals surface area contributed by atoms with Gasteiger partial charge < -0.3 is 10.4 Å². The van der Waals surface area contributed by atoms with Crippen molar-refractivity contribution in [1.82, 2.24) is 0 Å². The zero-order chi connectivity index (χ0) is 8.97. The van der Waals surface area contributed by atoms with Crippen molar-refractivity contribution in [3.63, 3.8) is 0 Å². The van der Waals surface area contributed by atoms with Gasteiger partial charge in [-0.15, -0.1) is 0 Å². The summed E-state index contributed by atoms with van der Waals surface area (Å²) < 4.78 is 0. The van der Waals surface area contributed by atoms with Crippen LogP contribution in [0.15, 0.2) is 24.3 Å². The monoisotopic (exact) mass is 165 g/mol. The van der Waals surface area contributed by atoms with Crippen LogP contribution < -0.4 is 5.32 Å². The number of anilines is 1. The zero-order valence-electron chi connectivity index (χ0n) is 6.15. The predicted octanol–water partition coefficient (Wildman–Crippen LogP) is 0.530. The number of nitrogens with one attached hydrogen (secondary N) is 1. The van der Waals surface area contributed by atoms with Crippen LogP contribution in [0.2, 0.25) is 0 Å². The molecule has 0 aliphatic rings. The standard InChI is InChI=1S/C8H7NO3/c10-5-8(12)9-6-2-1-3-7(11)4-6/h1-5,11H,(H,9,12). The van der Waals surface area contributed by atoms with E-state index in [1.807, 2.05) is 0 Å². The van der Waals surface area contributed by atoms with Gasteiger partial charge in [0, 0.05) is 11.8 Å². The number of rotatable bonds is 2. The number of aldehydes is 1. The number of carbonyl (C=O) groups excluding carboxylic acids is 2. The molecule has 62 valence electrons. The minimum Gasteiger partial charge on any atom is -0.508 e. The maximum atomic E-state index is 10.5. The van der Waals surface area contributed by atoms with Crippen LogP contribution in [-0.2, 0) is 9.59 Å². The van der Waals surface area contributed by atoms with Crippen molar-refractivity contribution >= 4 is 17.9 Å². The van der Waals surface area contributed by atoms with Gasteiger partial charge in [-0.1, -0.05) is 6.07 Å². The van der Waals surface area contributed by atoms with E-state index in [4.69, 9.17) is 5.11 Å². The lowest BCUT2D eigenvalue weighted by Crippen LogP contribution is -2.11. The number of amides is 1. The molecule has 0 spiro atoms. The lowest BCUT2D eigenvalue weighted by atomic mass is 10.3. The Morgan fingerprint density at radius 2 is 2.25 bits per heavy atom. The van der Waals surface area contributed by atoms with Crippen molar-refractivity contribution in [2.24, 2.45) is 0 Å². The highest BCUT2D eigenvalue weighted by Gasteiger charge is 1.98. The molecule has 0 aliphatic carbocycles. The van der Waals surface area contributed by atoms with E-state index in [0.717, 1.165) is 0 Å². The Morgan fingerprint density at radius 3 is 2.83 bits per heavy atom. The first kappa shape index (κ1) is 8.26. The van der Waals surface area contributed by atoms with E-state index in [9.17, 15) is 9.59 Å². The highest BCUT2D eigenvalue weighted by molar-refractivity contribution is 6.29. The van der Waals surface area contributed by atoms with Crippen molar-refractivity contribution in [3.05, 3.63) is 24.3 Å². The van der Waals surface area contributed by atoms with Crippen molar-refractivity contribution < 1.29 is 14.7 Å². The second kappa shape index (κ2) is 3.52. The van der Waals surface area contributed by atoms with Crippen molar-refractivity contribution in [1.29, 1.82) is 0 Å². The van der Waals surface area contributed by atoms with Gasteiger partial charge in [0.1, 0.15) is 5.75 Å². The molecule has 1 rings (SSSR count). The molecular weight excluding hydrogens is 158 g/mol. The number of aromatic hydroxyl groups is 1. The second-order valence-electron chi connectivity index (χ2n) is 2.16. The van der Waals surface area contributed by atoms with E-state index < -0.39 is 5.91 Å². The first-order chi connectivity index (χ1) is 5.72. The molecule has 12 heavy (non-hydrogen) atoms. The molecule has 2 N–H and O–H groups in total. The highest BCUT2D eigenvalue weighted by Crippen LogP contribution is 2.14. The number of hydrogen-bond donors (Lipinski definition) is 2. The summed E-state index contributed by atoms with van der Waals surface area (Å²) in [6, 6.07) is 5.95. The highest BCUT2D eigenvalue weighted by atomic mass is 16.3. The van der Waals surface area contributed by atoms with Crippen molar-refractivity contribution in [2.75, 3.05) is 5.32 Å². The van der Waals surface area contributed by atoms with Gasteiger partial charge in [0.2, 0.25) is 6.29 Å². The molecule has 4 heteroatoms. The van der Waals surface area contributed by atoms with Crippen LogP contribution in [0.3, 0.4) is 0 Å². The first-order valence-corrected chi connectivity index (χ1v) is 3.27. The van der Waals surface area contributed by atoms with Gasteiger partial charge >= 0.3 is 0 Å². The third-order valence-corrected chi connectivity index (χ3v) is 1.22. The summed E-state index contributed by atoms with van der Waals surface area (Å²) in [5, 5.41) is 11.2. The Hall–Kier alpha value is -1.84. The summed E-state index contributed by atoms with van der Waals surface area (Å²) in [6.45, 7) is 0. The molecule has 0 fully saturated rings. The predicted molar refractivity (Wildman–Crippen MR) is 42.8 cm³/mol. The topological polar surface area (TPSA) is 66.4 Å². The summed E-state index contributed by atoms with van der Waals surface area (Å²) in [5.41, 5.74) is 0.395. The SMILES string of the molecule is O=CC(=O)Nc1cccc(O)c1. The maximum absolute atomic E-state index is 10.5. The van der Waals surface area contributed by atoms with Gasteiger partial charge in [0.15, 0.2) is 0 Å². The lowest BCUT2D eigenvalue weighted by molar-refractivity contribution is -0.127. The molecule has 1 amide bonds. The molecule has 0 aromatic heterocycles. The molecule has 0 saturated heterocycles. The van der Waals surface area contributed by atoms with Gasteiger partial charge in [0.05, 0.1) is 0 Å². The third-order valence-electron chi connectivity index (χ3n) is 1.22. The molecule has 0 bridgehead atoms. The maximum Gasteiger partial charge on any atom is 0.288 e. The van der Waals surface area contributed by atoms with Crippen LogP contribution in [0.5, 0.6) is 5.75 Å². The van der Waals surface area contributed by atoms with Crippen LogP contribution in [0.1, 0.15) is 0 Å². The molecule has 0 radical (unpaired) electrons. The van der Waals surface area contributed by atoms with Crippen molar-refractivity contribution in [2.45, 2.75) is 0 Å². The Bertz CT molecular complexity index is 309. The molecule has 0 unspecified atom stereocenters. The average Bonchev–Trinajstić information content (AvgIpc) is 2.04. The van der Waals surface area contributed by atoms with Gasteiger partial charge in [-0.3, -0.25) is 9.59 Å². The first-order valence-electron chi connectivity index (χ1n) is 3.27. The summed E-state index contributed by atoms with van der Waals surface area (Å²) in [7, 11) is 0. The van der Waals surface area contributed by atoms with E-state index in [2.05, 4.69) is 5.32 Å². The Kier molecular flexibility index (Phi) is 2.42. The van der Waals surface area contributed by atoms with E-state index in [0.29, 0.717) is 5.69 Å². The third kappa shape index (κ3) is 2.09. The average molecular weight is 165 g/mol. The molecule has 0 heterocycles. The summed E-state index contributed by atoms with van der Waals surface area (Å²) in [5.74, 6) is -0.695. The number of phenolic OH excluding ortho intramolecular Hbond substituents is 1. The van der Waals surface area contributed by atoms with Crippen LogP contribution in [-0.4, -0.2) is 17.3 Å². The smallest absolute Gasteiger partial charge is 0.288 e. The fourth-order valence-corrected chi connectivity index (χ4v) is 0.755. The van der Waals surface area contributed by atoms with Gasteiger partial charge in [-0.25, -0.2) is 0 Å². The van der Waals surface area contributed by atoms with Crippen LogP contribution in [0, 0.1) is 0 Å². The lowest BCUT2D eigenvalue weighted by Gasteiger charge is -1.99.